The first-order valence-electron chi connectivity index (χ1n) is 6.35. The summed E-state index contributed by atoms with van der Waals surface area (Å²) in [6.07, 6.45) is 5.31. The van der Waals surface area contributed by atoms with Crippen LogP contribution in [0.1, 0.15) is 11.1 Å². The third-order valence-electron chi connectivity index (χ3n) is 3.21. The summed E-state index contributed by atoms with van der Waals surface area (Å²) in [5.74, 6) is -0.472. The Morgan fingerprint density at radius 3 is 2.81 bits per heavy atom. The highest BCUT2D eigenvalue weighted by atomic mass is 79.9. The molecule has 5 heteroatoms. The van der Waals surface area contributed by atoms with Crippen molar-refractivity contribution in [2.75, 3.05) is 0 Å². The van der Waals surface area contributed by atoms with Gasteiger partial charge in [-0.1, -0.05) is 34.1 Å². The zero-order chi connectivity index (χ0) is 14.8. The van der Waals surface area contributed by atoms with Gasteiger partial charge in [-0.25, -0.2) is 4.98 Å². The number of rotatable bonds is 3. The Labute approximate surface area is 129 Å². The van der Waals surface area contributed by atoms with E-state index in [-0.39, 0.29) is 0 Å². The van der Waals surface area contributed by atoms with E-state index in [2.05, 4.69) is 25.9 Å². The van der Waals surface area contributed by atoms with Crippen LogP contribution in [0, 0.1) is 0 Å². The number of benzene rings is 1. The number of carbonyl (C=O) groups excluding carboxylic acids is 1. The molecule has 0 unspecified atom stereocenters. The molecule has 1 amide bonds. The van der Waals surface area contributed by atoms with Crippen LogP contribution in [0.25, 0.3) is 22.7 Å². The summed E-state index contributed by atoms with van der Waals surface area (Å²) in [4.78, 5) is 19.1. The predicted octanol–water partition coefficient (Wildman–Crippen LogP) is 3.35. The average Bonchev–Trinajstić information content (AvgIpc) is 2.89. The first-order valence-corrected chi connectivity index (χ1v) is 7.14. The molecule has 0 aliphatic carbocycles. The number of aromatic nitrogens is 2. The number of nitrogens with zero attached hydrogens (tertiary/aromatic N) is 1. The molecule has 21 heavy (non-hydrogen) atoms. The van der Waals surface area contributed by atoms with Crippen LogP contribution in [0.5, 0.6) is 0 Å². The maximum absolute atomic E-state index is 11.8. The number of pyridine rings is 1. The van der Waals surface area contributed by atoms with Crippen LogP contribution in [0.3, 0.4) is 0 Å². The van der Waals surface area contributed by atoms with E-state index in [9.17, 15) is 4.79 Å². The van der Waals surface area contributed by atoms with Crippen LogP contribution in [0.15, 0.2) is 53.3 Å². The van der Waals surface area contributed by atoms with Gasteiger partial charge in [-0.3, -0.25) is 4.79 Å². The second-order valence-corrected chi connectivity index (χ2v) is 5.40. The summed E-state index contributed by atoms with van der Waals surface area (Å²) in [6.45, 7) is 0. The van der Waals surface area contributed by atoms with Gasteiger partial charge < -0.3 is 10.7 Å². The van der Waals surface area contributed by atoms with Crippen LogP contribution < -0.4 is 5.73 Å². The lowest BCUT2D eigenvalue weighted by Crippen LogP contribution is -2.13. The molecule has 3 aromatic rings. The predicted molar refractivity (Wildman–Crippen MR) is 87.3 cm³/mol. The van der Waals surface area contributed by atoms with Gasteiger partial charge in [0.25, 0.3) is 0 Å². The third-order valence-corrected chi connectivity index (χ3v) is 3.90. The fourth-order valence-electron chi connectivity index (χ4n) is 2.21. The fourth-order valence-corrected chi connectivity index (χ4v) is 2.71. The second-order valence-electron chi connectivity index (χ2n) is 4.55. The minimum absolute atomic E-state index is 0.451. The molecule has 0 saturated heterocycles. The molecule has 0 fully saturated rings. The van der Waals surface area contributed by atoms with E-state index in [1.54, 1.807) is 12.3 Å². The molecular weight excluding hydrogens is 330 g/mol. The Morgan fingerprint density at radius 1 is 1.24 bits per heavy atom. The summed E-state index contributed by atoms with van der Waals surface area (Å²) in [7, 11) is 0. The Kier molecular flexibility index (Phi) is 3.58. The molecule has 0 aliphatic heterocycles. The number of fused-ring (bicyclic) bond motifs is 1. The molecule has 3 rings (SSSR count). The summed E-state index contributed by atoms with van der Waals surface area (Å²) >= 11 is 3.45. The number of H-pyrrole nitrogens is 1. The van der Waals surface area contributed by atoms with Gasteiger partial charge in [0.2, 0.25) is 5.91 Å². The first kappa shape index (κ1) is 13.6. The fraction of sp³-hybridized carbons (Fsp3) is 0. The molecular formula is C16H12BrN3O. The molecule has 0 atom stereocenters. The van der Waals surface area contributed by atoms with Gasteiger partial charge >= 0.3 is 0 Å². The number of aromatic amines is 1. The van der Waals surface area contributed by atoms with Gasteiger partial charge in [-0.15, -0.1) is 0 Å². The van der Waals surface area contributed by atoms with E-state index in [0.29, 0.717) is 5.57 Å². The lowest BCUT2D eigenvalue weighted by Gasteiger charge is -2.06. The summed E-state index contributed by atoms with van der Waals surface area (Å²) < 4.78 is 0.827. The Hall–Kier alpha value is -2.40. The smallest absolute Gasteiger partial charge is 0.249 e. The van der Waals surface area contributed by atoms with Gasteiger partial charge in [0.05, 0.1) is 0 Å². The molecule has 2 aromatic heterocycles. The van der Waals surface area contributed by atoms with Crippen LogP contribution in [-0.2, 0) is 4.79 Å². The molecule has 0 spiro atoms. The highest BCUT2D eigenvalue weighted by Gasteiger charge is 2.13. The van der Waals surface area contributed by atoms with Crippen molar-refractivity contribution < 1.29 is 4.79 Å². The van der Waals surface area contributed by atoms with Gasteiger partial charge in [-0.05, 0) is 24.3 Å². The van der Waals surface area contributed by atoms with Crippen LogP contribution in [0.4, 0.5) is 0 Å². The van der Waals surface area contributed by atoms with E-state index in [0.717, 1.165) is 26.6 Å². The maximum atomic E-state index is 11.8. The minimum Gasteiger partial charge on any atom is -0.366 e. The van der Waals surface area contributed by atoms with Gasteiger partial charge in [-0.2, -0.15) is 0 Å². The van der Waals surface area contributed by atoms with E-state index < -0.39 is 5.91 Å². The van der Waals surface area contributed by atoms with Crippen LogP contribution >= 0.6 is 15.9 Å². The summed E-state index contributed by atoms with van der Waals surface area (Å²) in [5.41, 5.74) is 8.42. The zero-order valence-electron chi connectivity index (χ0n) is 11.0. The number of nitrogens with one attached hydrogen (secondary N) is 1. The van der Waals surface area contributed by atoms with E-state index >= 15 is 0 Å². The van der Waals surface area contributed by atoms with Crippen LogP contribution in [0.2, 0.25) is 0 Å². The zero-order valence-corrected chi connectivity index (χ0v) is 12.6. The Balaban J connectivity index is 2.18. The van der Waals surface area contributed by atoms with Crippen molar-refractivity contribution in [2.24, 2.45) is 5.73 Å². The number of primary amides is 1. The largest absolute Gasteiger partial charge is 0.366 e. The maximum Gasteiger partial charge on any atom is 0.249 e. The third kappa shape index (κ3) is 2.60. The molecule has 104 valence electrons. The van der Waals surface area contributed by atoms with Crippen molar-refractivity contribution in [2.45, 2.75) is 0 Å². The van der Waals surface area contributed by atoms with Gasteiger partial charge in [0, 0.05) is 39.0 Å². The van der Waals surface area contributed by atoms with E-state index in [1.165, 1.54) is 0 Å². The summed E-state index contributed by atoms with van der Waals surface area (Å²) in [6, 6.07) is 11.3. The number of carbonyl (C=O) groups is 1. The molecule has 0 bridgehead atoms. The van der Waals surface area contributed by atoms with Gasteiger partial charge in [0.15, 0.2) is 0 Å². The highest BCUT2D eigenvalue weighted by Crippen LogP contribution is 2.27. The van der Waals surface area contributed by atoms with Gasteiger partial charge in [0.1, 0.15) is 5.65 Å². The number of amides is 1. The molecule has 2 heterocycles. The average molecular weight is 342 g/mol. The lowest BCUT2D eigenvalue weighted by molar-refractivity contribution is -0.112. The Morgan fingerprint density at radius 2 is 2.05 bits per heavy atom. The number of halogens is 1. The molecule has 0 saturated carbocycles. The molecule has 0 aliphatic rings. The second kappa shape index (κ2) is 5.54. The van der Waals surface area contributed by atoms with Crippen molar-refractivity contribution >= 4 is 44.5 Å². The Bertz CT molecular complexity index is 851. The molecule has 3 N–H and O–H groups in total. The highest BCUT2D eigenvalue weighted by molar-refractivity contribution is 9.10. The SMILES string of the molecule is NC(=O)/C(=C\c1c[nH]c2ncccc12)c1ccccc1Br. The first-order chi connectivity index (χ1) is 10.2. The molecule has 4 nitrogen and oxygen atoms in total. The van der Waals surface area contributed by atoms with E-state index in [1.807, 2.05) is 42.6 Å². The van der Waals surface area contributed by atoms with Crippen molar-refractivity contribution in [1.29, 1.82) is 0 Å². The summed E-state index contributed by atoms with van der Waals surface area (Å²) in [5, 5.41) is 0.948. The molecule has 0 radical (unpaired) electrons. The van der Waals surface area contributed by atoms with E-state index in [4.69, 9.17) is 5.73 Å². The number of hydrogen-bond donors (Lipinski definition) is 2. The van der Waals surface area contributed by atoms with Crippen molar-refractivity contribution in [3.63, 3.8) is 0 Å². The van der Waals surface area contributed by atoms with Crippen molar-refractivity contribution in [1.82, 2.24) is 9.97 Å². The minimum atomic E-state index is -0.472. The topological polar surface area (TPSA) is 71.8 Å². The number of nitrogens with two attached hydrogens (primary N) is 1. The number of hydrogen-bond acceptors (Lipinski definition) is 2. The lowest BCUT2D eigenvalue weighted by atomic mass is 10.0. The van der Waals surface area contributed by atoms with Crippen LogP contribution in [-0.4, -0.2) is 15.9 Å². The standard InChI is InChI=1S/C16H12BrN3O/c17-14-6-2-1-4-12(14)13(15(18)21)8-10-9-20-16-11(10)5-3-7-19-16/h1-9H,(H2,18,21)(H,19,20)/b13-8-. The van der Waals surface area contributed by atoms with Crippen molar-refractivity contribution in [3.05, 3.63) is 64.4 Å². The molecule has 1 aromatic carbocycles. The quantitative estimate of drug-likeness (QED) is 0.717. The normalized spacial score (nSPS) is 11.8. The monoisotopic (exact) mass is 341 g/mol. The van der Waals surface area contributed by atoms with Crippen molar-refractivity contribution in [3.8, 4) is 0 Å².